The first-order valence-electron chi connectivity index (χ1n) is 8.39. The number of hydrogen-bond acceptors (Lipinski definition) is 1. The summed E-state index contributed by atoms with van der Waals surface area (Å²) in [5, 5.41) is 4.41. The van der Waals surface area contributed by atoms with Crippen LogP contribution in [0, 0.1) is 0 Å². The molecule has 5 rings (SSSR count). The molecule has 0 heterocycles. The maximum atomic E-state index is 13.6. The van der Waals surface area contributed by atoms with Gasteiger partial charge < -0.3 is 0 Å². The molecule has 1 nitrogen and oxygen atoms in total. The summed E-state index contributed by atoms with van der Waals surface area (Å²) < 4.78 is 0. The third kappa shape index (κ3) is 1.85. The molecule has 0 radical (unpaired) electrons. The Kier molecular flexibility index (Phi) is 2.83. The second-order valence-electron chi connectivity index (χ2n) is 6.47. The minimum absolute atomic E-state index is 0.172. The van der Waals surface area contributed by atoms with Crippen LogP contribution in [0.1, 0.15) is 27.0 Å². The summed E-state index contributed by atoms with van der Waals surface area (Å²) in [4.78, 5) is 13.6. The zero-order valence-electron chi connectivity index (χ0n) is 13.3. The first-order valence-corrected chi connectivity index (χ1v) is 8.39. The van der Waals surface area contributed by atoms with Crippen molar-refractivity contribution in [1.29, 1.82) is 0 Å². The Labute approximate surface area is 140 Å². The molecular weight excluding hydrogens is 292 g/mol. The molecule has 0 fully saturated rings. The van der Waals surface area contributed by atoms with Crippen LogP contribution in [0.15, 0.2) is 72.8 Å². The van der Waals surface area contributed by atoms with E-state index in [0.29, 0.717) is 0 Å². The van der Waals surface area contributed by atoms with E-state index in [1.807, 2.05) is 24.3 Å². The van der Waals surface area contributed by atoms with Gasteiger partial charge in [-0.1, -0.05) is 72.8 Å². The third-order valence-corrected chi connectivity index (χ3v) is 5.15. The first kappa shape index (κ1) is 13.5. The van der Waals surface area contributed by atoms with Crippen molar-refractivity contribution in [3.63, 3.8) is 0 Å². The Morgan fingerprint density at radius 1 is 0.542 bits per heavy atom. The predicted molar refractivity (Wildman–Crippen MR) is 98.7 cm³/mol. The highest BCUT2D eigenvalue weighted by atomic mass is 16.1. The second-order valence-corrected chi connectivity index (χ2v) is 6.47. The summed E-state index contributed by atoms with van der Waals surface area (Å²) in [5.74, 6) is 0.172. The fourth-order valence-corrected chi connectivity index (χ4v) is 3.98. The molecule has 0 saturated carbocycles. The summed E-state index contributed by atoms with van der Waals surface area (Å²) in [6.07, 6.45) is 1.83. The normalized spacial score (nSPS) is 13.6. The Bertz CT molecular complexity index is 1030. The lowest BCUT2D eigenvalue weighted by Crippen LogP contribution is -2.06. The van der Waals surface area contributed by atoms with Crippen LogP contribution in [0.2, 0.25) is 0 Å². The fraction of sp³-hybridized carbons (Fsp3) is 0.0870. The van der Waals surface area contributed by atoms with Gasteiger partial charge in [0.2, 0.25) is 0 Å². The topological polar surface area (TPSA) is 17.1 Å². The van der Waals surface area contributed by atoms with Crippen LogP contribution < -0.4 is 0 Å². The number of benzene rings is 4. The molecule has 114 valence electrons. The molecular formula is C23H16O. The smallest absolute Gasteiger partial charge is 0.194 e. The van der Waals surface area contributed by atoms with Crippen molar-refractivity contribution < 1.29 is 4.79 Å². The molecule has 0 spiro atoms. The summed E-state index contributed by atoms with van der Waals surface area (Å²) in [5.41, 5.74) is 4.12. The van der Waals surface area contributed by atoms with Crippen molar-refractivity contribution in [2.75, 3.05) is 0 Å². The van der Waals surface area contributed by atoms with E-state index in [9.17, 15) is 4.79 Å². The molecule has 0 unspecified atom stereocenters. The molecule has 0 amide bonds. The number of carbonyl (C=O) groups is 1. The van der Waals surface area contributed by atoms with Gasteiger partial charge in [0.25, 0.3) is 0 Å². The van der Waals surface area contributed by atoms with Crippen LogP contribution in [0.25, 0.3) is 21.5 Å². The second kappa shape index (κ2) is 5.04. The van der Waals surface area contributed by atoms with Gasteiger partial charge in [-0.05, 0) is 45.5 Å². The van der Waals surface area contributed by atoms with E-state index in [0.717, 1.165) is 45.5 Å². The van der Waals surface area contributed by atoms with E-state index in [1.54, 1.807) is 0 Å². The van der Waals surface area contributed by atoms with Gasteiger partial charge in [0, 0.05) is 11.1 Å². The van der Waals surface area contributed by atoms with Crippen LogP contribution in [0.5, 0.6) is 0 Å². The molecule has 1 aliphatic rings. The lowest BCUT2D eigenvalue weighted by Gasteiger charge is -2.11. The minimum Gasteiger partial charge on any atom is -0.289 e. The molecule has 0 saturated heterocycles. The quantitative estimate of drug-likeness (QED) is 0.429. The van der Waals surface area contributed by atoms with E-state index in [-0.39, 0.29) is 5.78 Å². The third-order valence-electron chi connectivity index (χ3n) is 5.15. The Morgan fingerprint density at radius 2 is 1.00 bits per heavy atom. The van der Waals surface area contributed by atoms with Gasteiger partial charge in [-0.25, -0.2) is 0 Å². The van der Waals surface area contributed by atoms with Crippen molar-refractivity contribution >= 4 is 27.3 Å². The number of ketones is 1. The molecule has 0 aromatic heterocycles. The Balaban J connectivity index is 1.89. The van der Waals surface area contributed by atoms with E-state index >= 15 is 0 Å². The van der Waals surface area contributed by atoms with Gasteiger partial charge in [-0.2, -0.15) is 0 Å². The van der Waals surface area contributed by atoms with E-state index in [1.165, 1.54) is 11.1 Å². The zero-order chi connectivity index (χ0) is 16.1. The number of carbonyl (C=O) groups excluding carboxylic acids is 1. The van der Waals surface area contributed by atoms with Gasteiger partial charge in [-0.15, -0.1) is 0 Å². The maximum absolute atomic E-state index is 13.6. The molecule has 0 aliphatic heterocycles. The van der Waals surface area contributed by atoms with Gasteiger partial charge in [0.05, 0.1) is 0 Å². The van der Waals surface area contributed by atoms with Gasteiger partial charge in [-0.3, -0.25) is 4.79 Å². The number of aryl methyl sites for hydroxylation is 2. The highest BCUT2D eigenvalue weighted by Crippen LogP contribution is 2.33. The van der Waals surface area contributed by atoms with Crippen LogP contribution in [-0.4, -0.2) is 5.78 Å². The largest absolute Gasteiger partial charge is 0.289 e. The Hall–Kier alpha value is -2.93. The van der Waals surface area contributed by atoms with E-state index in [4.69, 9.17) is 0 Å². The van der Waals surface area contributed by atoms with Crippen molar-refractivity contribution in [3.8, 4) is 0 Å². The lowest BCUT2D eigenvalue weighted by molar-refractivity contribution is 0.104. The van der Waals surface area contributed by atoms with E-state index < -0.39 is 0 Å². The SMILES string of the molecule is O=C1c2c(ccc3ccccc23)CCc2ccc3ccccc3c21. The van der Waals surface area contributed by atoms with Crippen molar-refractivity contribution in [2.24, 2.45) is 0 Å². The average Bonchev–Trinajstić information content (AvgIpc) is 2.79. The van der Waals surface area contributed by atoms with Gasteiger partial charge in [0.1, 0.15) is 0 Å². The van der Waals surface area contributed by atoms with Crippen molar-refractivity contribution in [3.05, 3.63) is 95.1 Å². The number of rotatable bonds is 0. The standard InChI is InChI=1S/C23H16O/c24-23-21-17(11-9-15-5-1-3-7-19(15)21)13-14-18-12-10-16-6-2-4-8-20(16)22(18)23/h1-12H,13-14H2. The van der Waals surface area contributed by atoms with E-state index in [2.05, 4.69) is 48.5 Å². The molecule has 0 N–H and O–H groups in total. The molecule has 4 aromatic carbocycles. The lowest BCUT2D eigenvalue weighted by atomic mass is 9.91. The first-order chi connectivity index (χ1) is 11.8. The summed E-state index contributed by atoms with van der Waals surface area (Å²) in [6, 6.07) is 24.9. The van der Waals surface area contributed by atoms with Crippen LogP contribution in [-0.2, 0) is 12.8 Å². The highest BCUT2D eigenvalue weighted by Gasteiger charge is 2.24. The molecule has 1 heteroatoms. The highest BCUT2D eigenvalue weighted by molar-refractivity contribution is 6.23. The molecule has 4 aromatic rings. The molecule has 24 heavy (non-hydrogen) atoms. The zero-order valence-corrected chi connectivity index (χ0v) is 13.3. The fourth-order valence-electron chi connectivity index (χ4n) is 3.98. The molecule has 0 atom stereocenters. The maximum Gasteiger partial charge on any atom is 0.194 e. The van der Waals surface area contributed by atoms with Crippen LogP contribution in [0.3, 0.4) is 0 Å². The average molecular weight is 308 g/mol. The number of fused-ring (bicyclic) bond motifs is 6. The van der Waals surface area contributed by atoms with Gasteiger partial charge in [0.15, 0.2) is 5.78 Å². The Morgan fingerprint density at radius 3 is 1.50 bits per heavy atom. The minimum atomic E-state index is 0.172. The van der Waals surface area contributed by atoms with Crippen molar-refractivity contribution in [2.45, 2.75) is 12.8 Å². The molecule has 1 aliphatic carbocycles. The van der Waals surface area contributed by atoms with Crippen LogP contribution >= 0.6 is 0 Å². The summed E-state index contributed by atoms with van der Waals surface area (Å²) >= 11 is 0. The monoisotopic (exact) mass is 308 g/mol. The summed E-state index contributed by atoms with van der Waals surface area (Å²) in [6.45, 7) is 0. The number of hydrogen-bond donors (Lipinski definition) is 0. The molecule has 0 bridgehead atoms. The van der Waals surface area contributed by atoms with Crippen molar-refractivity contribution in [1.82, 2.24) is 0 Å². The van der Waals surface area contributed by atoms with Gasteiger partial charge >= 0.3 is 0 Å². The summed E-state index contributed by atoms with van der Waals surface area (Å²) in [7, 11) is 0. The van der Waals surface area contributed by atoms with Crippen LogP contribution in [0.4, 0.5) is 0 Å². The predicted octanol–water partition coefficient (Wildman–Crippen LogP) is 5.32.